The molecule has 1 aromatic carbocycles. The number of benzene rings is 1. The predicted molar refractivity (Wildman–Crippen MR) is 94.2 cm³/mol. The third-order valence-electron chi connectivity index (χ3n) is 5.25. The van der Waals surface area contributed by atoms with Crippen LogP contribution in [0.4, 0.5) is 0 Å². The molecule has 2 aliphatic rings. The summed E-state index contributed by atoms with van der Waals surface area (Å²) in [5.74, 6) is 0.625. The standard InChI is InChI=1S/C20H24N2O2/c1-13-8-9-18-16(11-13)19(15-6-2-3-7-17(15)22-18)20(23)21-12-14-5-4-10-24-14/h2-3,6-7,13-14H,4-5,8-12H2,1H3,(H,21,23)/t13-,14+/m1/s1. The molecule has 2 heterocycles. The quantitative estimate of drug-likeness (QED) is 0.943. The van der Waals surface area contributed by atoms with Crippen LogP contribution in [0.1, 0.15) is 47.8 Å². The highest BCUT2D eigenvalue weighted by atomic mass is 16.5. The average molecular weight is 324 g/mol. The molecule has 0 radical (unpaired) electrons. The zero-order valence-electron chi connectivity index (χ0n) is 14.2. The molecule has 1 aliphatic carbocycles. The van der Waals surface area contributed by atoms with Crippen molar-refractivity contribution in [1.82, 2.24) is 10.3 Å². The first kappa shape index (κ1) is 15.6. The first-order chi connectivity index (χ1) is 11.7. The zero-order chi connectivity index (χ0) is 16.5. The van der Waals surface area contributed by atoms with Crippen LogP contribution in [0.2, 0.25) is 0 Å². The number of ether oxygens (including phenoxy) is 1. The van der Waals surface area contributed by atoms with Crippen molar-refractivity contribution >= 4 is 16.8 Å². The number of hydrogen-bond acceptors (Lipinski definition) is 3. The molecular formula is C20H24N2O2. The second-order valence-corrected chi connectivity index (χ2v) is 7.12. The highest BCUT2D eigenvalue weighted by Crippen LogP contribution is 2.31. The number of aromatic nitrogens is 1. The fourth-order valence-corrected chi connectivity index (χ4v) is 3.92. The summed E-state index contributed by atoms with van der Waals surface area (Å²) in [6, 6.07) is 7.99. The van der Waals surface area contributed by atoms with E-state index in [9.17, 15) is 4.79 Å². The van der Waals surface area contributed by atoms with Gasteiger partial charge in [-0.05, 0) is 49.7 Å². The summed E-state index contributed by atoms with van der Waals surface area (Å²) in [5.41, 5.74) is 4.01. The lowest BCUT2D eigenvalue weighted by molar-refractivity contribution is 0.0858. The van der Waals surface area contributed by atoms with Gasteiger partial charge in [-0.2, -0.15) is 0 Å². The third kappa shape index (κ3) is 2.91. The Morgan fingerprint density at radius 3 is 3.04 bits per heavy atom. The van der Waals surface area contributed by atoms with Crippen LogP contribution in [-0.2, 0) is 17.6 Å². The average Bonchev–Trinajstić information content (AvgIpc) is 3.11. The SMILES string of the molecule is C[C@@H]1CCc2nc3ccccc3c(C(=O)NC[C@@H]3CCCO3)c2C1. The Labute approximate surface area is 142 Å². The molecular weight excluding hydrogens is 300 g/mol. The summed E-state index contributed by atoms with van der Waals surface area (Å²) in [5, 5.41) is 4.07. The van der Waals surface area contributed by atoms with Crippen LogP contribution < -0.4 is 5.32 Å². The molecule has 0 spiro atoms. The molecule has 1 amide bonds. The van der Waals surface area contributed by atoms with Gasteiger partial charge in [0, 0.05) is 24.2 Å². The second kappa shape index (κ2) is 6.52. The van der Waals surface area contributed by atoms with Gasteiger partial charge in [0.25, 0.3) is 5.91 Å². The van der Waals surface area contributed by atoms with E-state index in [2.05, 4.69) is 12.2 Å². The van der Waals surface area contributed by atoms with Gasteiger partial charge in [-0.1, -0.05) is 25.1 Å². The summed E-state index contributed by atoms with van der Waals surface area (Å²) in [6.07, 6.45) is 5.34. The highest BCUT2D eigenvalue weighted by Gasteiger charge is 2.26. The van der Waals surface area contributed by atoms with E-state index in [0.717, 1.165) is 66.4 Å². The van der Waals surface area contributed by atoms with Crippen LogP contribution in [-0.4, -0.2) is 30.1 Å². The minimum atomic E-state index is 0.0226. The zero-order valence-corrected chi connectivity index (χ0v) is 14.2. The second-order valence-electron chi connectivity index (χ2n) is 7.12. The van der Waals surface area contributed by atoms with Crippen LogP contribution in [0.25, 0.3) is 10.9 Å². The van der Waals surface area contributed by atoms with E-state index >= 15 is 0 Å². The van der Waals surface area contributed by atoms with E-state index in [1.54, 1.807) is 0 Å². The van der Waals surface area contributed by atoms with Gasteiger partial charge in [-0.25, -0.2) is 0 Å². The lowest BCUT2D eigenvalue weighted by atomic mass is 9.84. The maximum atomic E-state index is 13.0. The monoisotopic (exact) mass is 324 g/mol. The van der Waals surface area contributed by atoms with Crippen molar-refractivity contribution in [2.24, 2.45) is 5.92 Å². The molecule has 4 nitrogen and oxygen atoms in total. The number of carbonyl (C=O) groups excluding carboxylic acids is 1. The number of hydrogen-bond donors (Lipinski definition) is 1. The predicted octanol–water partition coefficient (Wildman–Crippen LogP) is 3.27. The Morgan fingerprint density at radius 2 is 2.21 bits per heavy atom. The van der Waals surface area contributed by atoms with Gasteiger partial charge in [0.05, 0.1) is 17.2 Å². The van der Waals surface area contributed by atoms with E-state index in [-0.39, 0.29) is 12.0 Å². The van der Waals surface area contributed by atoms with Crippen molar-refractivity contribution in [3.63, 3.8) is 0 Å². The van der Waals surface area contributed by atoms with Crippen molar-refractivity contribution in [2.45, 2.75) is 45.1 Å². The summed E-state index contributed by atoms with van der Waals surface area (Å²) >= 11 is 0. The molecule has 1 aliphatic heterocycles. The van der Waals surface area contributed by atoms with Crippen molar-refractivity contribution in [2.75, 3.05) is 13.2 Å². The molecule has 0 saturated carbocycles. The Kier molecular flexibility index (Phi) is 4.23. The molecule has 1 N–H and O–H groups in total. The molecule has 1 saturated heterocycles. The van der Waals surface area contributed by atoms with Gasteiger partial charge in [0.2, 0.25) is 0 Å². The van der Waals surface area contributed by atoms with Crippen LogP contribution in [0.15, 0.2) is 24.3 Å². The molecule has 4 heteroatoms. The Morgan fingerprint density at radius 1 is 1.33 bits per heavy atom. The lowest BCUT2D eigenvalue weighted by Gasteiger charge is -2.24. The number of carbonyl (C=O) groups is 1. The molecule has 1 fully saturated rings. The third-order valence-corrected chi connectivity index (χ3v) is 5.25. The summed E-state index contributed by atoms with van der Waals surface area (Å²) in [6.45, 7) is 3.66. The molecule has 126 valence electrons. The van der Waals surface area contributed by atoms with Crippen LogP contribution in [0, 0.1) is 5.92 Å². The smallest absolute Gasteiger partial charge is 0.252 e. The first-order valence-corrected chi connectivity index (χ1v) is 9.02. The minimum Gasteiger partial charge on any atom is -0.376 e. The maximum absolute atomic E-state index is 13.0. The molecule has 0 bridgehead atoms. The Hall–Kier alpha value is -1.94. The Balaban J connectivity index is 1.71. The highest BCUT2D eigenvalue weighted by molar-refractivity contribution is 6.07. The molecule has 0 unspecified atom stereocenters. The van der Waals surface area contributed by atoms with Gasteiger partial charge >= 0.3 is 0 Å². The summed E-state index contributed by atoms with van der Waals surface area (Å²) in [7, 11) is 0. The van der Waals surface area contributed by atoms with Crippen molar-refractivity contribution in [1.29, 1.82) is 0 Å². The van der Waals surface area contributed by atoms with E-state index < -0.39 is 0 Å². The number of nitrogens with zero attached hydrogens (tertiary/aromatic N) is 1. The Bertz CT molecular complexity index is 766. The molecule has 2 aromatic rings. The number of amides is 1. The number of para-hydroxylation sites is 1. The van der Waals surface area contributed by atoms with Crippen LogP contribution in [0.5, 0.6) is 0 Å². The maximum Gasteiger partial charge on any atom is 0.252 e. The van der Waals surface area contributed by atoms with E-state index in [4.69, 9.17) is 9.72 Å². The molecule has 2 atom stereocenters. The number of pyridine rings is 1. The fourth-order valence-electron chi connectivity index (χ4n) is 3.92. The van der Waals surface area contributed by atoms with Crippen molar-refractivity contribution in [3.05, 3.63) is 41.1 Å². The minimum absolute atomic E-state index is 0.0226. The normalized spacial score (nSPS) is 23.2. The summed E-state index contributed by atoms with van der Waals surface area (Å²) < 4.78 is 5.63. The number of fused-ring (bicyclic) bond motifs is 2. The molecule has 24 heavy (non-hydrogen) atoms. The van der Waals surface area contributed by atoms with Gasteiger partial charge in [-0.3, -0.25) is 9.78 Å². The van der Waals surface area contributed by atoms with Crippen molar-refractivity contribution in [3.8, 4) is 0 Å². The van der Waals surface area contributed by atoms with Crippen LogP contribution in [0.3, 0.4) is 0 Å². The van der Waals surface area contributed by atoms with Crippen molar-refractivity contribution < 1.29 is 9.53 Å². The van der Waals surface area contributed by atoms with E-state index in [1.165, 1.54) is 0 Å². The lowest BCUT2D eigenvalue weighted by Crippen LogP contribution is -2.33. The largest absolute Gasteiger partial charge is 0.376 e. The first-order valence-electron chi connectivity index (χ1n) is 9.02. The van der Waals surface area contributed by atoms with Gasteiger partial charge in [0.1, 0.15) is 0 Å². The number of nitrogens with one attached hydrogen (secondary N) is 1. The van der Waals surface area contributed by atoms with Gasteiger partial charge in [0.15, 0.2) is 0 Å². The van der Waals surface area contributed by atoms with Crippen LogP contribution >= 0.6 is 0 Å². The number of rotatable bonds is 3. The van der Waals surface area contributed by atoms with Gasteiger partial charge in [-0.15, -0.1) is 0 Å². The topological polar surface area (TPSA) is 51.2 Å². The fraction of sp³-hybridized carbons (Fsp3) is 0.500. The molecule has 1 aromatic heterocycles. The molecule has 4 rings (SSSR count). The van der Waals surface area contributed by atoms with E-state index in [0.29, 0.717) is 12.5 Å². The number of aryl methyl sites for hydroxylation is 1. The summed E-state index contributed by atoms with van der Waals surface area (Å²) in [4.78, 5) is 17.8. The van der Waals surface area contributed by atoms with E-state index in [1.807, 2.05) is 24.3 Å². The van der Waals surface area contributed by atoms with Gasteiger partial charge < -0.3 is 10.1 Å².